The van der Waals surface area contributed by atoms with Gasteiger partial charge in [0.2, 0.25) is 5.91 Å². The van der Waals surface area contributed by atoms with Gasteiger partial charge in [-0.2, -0.15) is 0 Å². The average molecular weight is 253 g/mol. The minimum Gasteiger partial charge on any atom is -0.352 e. The summed E-state index contributed by atoms with van der Waals surface area (Å²) in [5.74, 6) is -0.0130. The van der Waals surface area contributed by atoms with Crippen molar-refractivity contribution < 1.29 is 4.79 Å². The Kier molecular flexibility index (Phi) is 6.37. The Morgan fingerprint density at radius 1 is 1.35 bits per heavy atom. The molecule has 0 radical (unpaired) electrons. The van der Waals surface area contributed by atoms with Crippen LogP contribution in [0.4, 0.5) is 0 Å². The molecule has 0 fully saturated rings. The van der Waals surface area contributed by atoms with Gasteiger partial charge in [-0.3, -0.25) is 4.79 Å². The lowest BCUT2D eigenvalue weighted by Gasteiger charge is -2.05. The molecular formula is C13H17ClN2O. The minimum atomic E-state index is -0.0130. The van der Waals surface area contributed by atoms with Gasteiger partial charge in [0.1, 0.15) is 0 Å². The van der Waals surface area contributed by atoms with Crippen LogP contribution in [0.3, 0.4) is 0 Å². The Labute approximate surface area is 107 Å². The molecule has 0 bridgehead atoms. The zero-order valence-electron chi connectivity index (χ0n) is 9.71. The van der Waals surface area contributed by atoms with E-state index in [2.05, 4.69) is 17.2 Å². The maximum Gasteiger partial charge on any atom is 0.234 e. The fraction of sp³-hybridized carbons (Fsp3) is 0.308. The van der Waals surface area contributed by atoms with Gasteiger partial charge in [0.25, 0.3) is 0 Å². The van der Waals surface area contributed by atoms with Gasteiger partial charge < -0.3 is 10.6 Å². The van der Waals surface area contributed by atoms with E-state index in [1.165, 1.54) is 5.56 Å². The lowest BCUT2D eigenvalue weighted by atomic mass is 10.1. The zero-order valence-corrected chi connectivity index (χ0v) is 10.5. The summed E-state index contributed by atoms with van der Waals surface area (Å²) >= 11 is 5.79. The molecule has 1 amide bonds. The van der Waals surface area contributed by atoms with Crippen LogP contribution in [0.25, 0.3) is 0 Å². The summed E-state index contributed by atoms with van der Waals surface area (Å²) < 4.78 is 0. The molecule has 0 aliphatic rings. The van der Waals surface area contributed by atoms with Gasteiger partial charge in [-0.05, 0) is 30.7 Å². The molecule has 92 valence electrons. The summed E-state index contributed by atoms with van der Waals surface area (Å²) in [7, 11) is 0. The Balaban J connectivity index is 2.13. The van der Waals surface area contributed by atoms with Gasteiger partial charge >= 0.3 is 0 Å². The van der Waals surface area contributed by atoms with Gasteiger partial charge in [-0.15, -0.1) is 6.58 Å². The van der Waals surface area contributed by atoms with E-state index in [0.717, 1.165) is 18.0 Å². The monoisotopic (exact) mass is 252 g/mol. The van der Waals surface area contributed by atoms with Crippen molar-refractivity contribution in [3.05, 3.63) is 47.5 Å². The summed E-state index contributed by atoms with van der Waals surface area (Å²) in [5.41, 5.74) is 1.20. The minimum absolute atomic E-state index is 0.0130. The second-order valence-corrected chi connectivity index (χ2v) is 4.08. The van der Waals surface area contributed by atoms with Crippen LogP contribution in [-0.4, -0.2) is 25.5 Å². The van der Waals surface area contributed by atoms with Gasteiger partial charge in [0, 0.05) is 11.6 Å². The van der Waals surface area contributed by atoms with Crippen molar-refractivity contribution in [1.82, 2.24) is 10.6 Å². The van der Waals surface area contributed by atoms with E-state index in [1.54, 1.807) is 6.08 Å². The molecule has 0 aliphatic carbocycles. The summed E-state index contributed by atoms with van der Waals surface area (Å²) in [6.45, 7) is 5.14. The molecule has 0 saturated heterocycles. The molecule has 3 nitrogen and oxygen atoms in total. The van der Waals surface area contributed by atoms with Crippen LogP contribution < -0.4 is 10.6 Å². The van der Waals surface area contributed by atoms with Crippen molar-refractivity contribution in [3.63, 3.8) is 0 Å². The van der Waals surface area contributed by atoms with E-state index in [4.69, 9.17) is 11.6 Å². The summed E-state index contributed by atoms with van der Waals surface area (Å²) in [6.07, 6.45) is 2.54. The van der Waals surface area contributed by atoms with E-state index in [-0.39, 0.29) is 5.91 Å². The van der Waals surface area contributed by atoms with Crippen LogP contribution in [-0.2, 0) is 11.2 Å². The number of benzene rings is 1. The Morgan fingerprint density at radius 2 is 2.06 bits per heavy atom. The molecule has 0 spiro atoms. The normalized spacial score (nSPS) is 9.94. The molecule has 4 heteroatoms. The van der Waals surface area contributed by atoms with Crippen LogP contribution in [0.5, 0.6) is 0 Å². The van der Waals surface area contributed by atoms with E-state index in [9.17, 15) is 4.79 Å². The molecule has 0 atom stereocenters. The molecule has 1 aromatic rings. The molecule has 17 heavy (non-hydrogen) atoms. The average Bonchev–Trinajstić information content (AvgIpc) is 2.34. The highest BCUT2D eigenvalue weighted by Gasteiger charge is 1.98. The predicted molar refractivity (Wildman–Crippen MR) is 71.2 cm³/mol. The number of amides is 1. The van der Waals surface area contributed by atoms with Crippen molar-refractivity contribution in [2.45, 2.75) is 6.42 Å². The van der Waals surface area contributed by atoms with Crippen LogP contribution in [0.15, 0.2) is 36.9 Å². The lowest BCUT2D eigenvalue weighted by molar-refractivity contribution is -0.120. The lowest BCUT2D eigenvalue weighted by Crippen LogP contribution is -2.34. The molecule has 0 unspecified atom stereocenters. The first kappa shape index (κ1) is 13.7. The molecule has 0 aliphatic heterocycles. The molecule has 2 N–H and O–H groups in total. The van der Waals surface area contributed by atoms with E-state index in [1.807, 2.05) is 24.3 Å². The van der Waals surface area contributed by atoms with Crippen molar-refractivity contribution >= 4 is 17.5 Å². The van der Waals surface area contributed by atoms with Crippen LogP contribution in [0, 0.1) is 0 Å². The van der Waals surface area contributed by atoms with E-state index in [0.29, 0.717) is 13.1 Å². The van der Waals surface area contributed by atoms with Gasteiger partial charge in [-0.25, -0.2) is 0 Å². The highest BCUT2D eigenvalue weighted by atomic mass is 35.5. The SMILES string of the molecule is C=CCNC(=O)CNCCc1ccc(Cl)cc1. The van der Waals surface area contributed by atoms with Gasteiger partial charge in [-0.1, -0.05) is 29.8 Å². The van der Waals surface area contributed by atoms with Crippen molar-refractivity contribution in [1.29, 1.82) is 0 Å². The number of nitrogens with one attached hydrogen (secondary N) is 2. The number of carbonyl (C=O) groups is 1. The fourth-order valence-electron chi connectivity index (χ4n) is 1.33. The first-order chi connectivity index (χ1) is 8.22. The largest absolute Gasteiger partial charge is 0.352 e. The third-order valence-corrected chi connectivity index (χ3v) is 2.48. The quantitative estimate of drug-likeness (QED) is 0.574. The highest BCUT2D eigenvalue weighted by molar-refractivity contribution is 6.30. The zero-order chi connectivity index (χ0) is 12.5. The third-order valence-electron chi connectivity index (χ3n) is 2.23. The molecule has 0 heterocycles. The summed E-state index contributed by atoms with van der Waals surface area (Å²) in [5, 5.41) is 6.52. The number of halogens is 1. The van der Waals surface area contributed by atoms with Crippen molar-refractivity contribution in [3.8, 4) is 0 Å². The standard InChI is InChI=1S/C13H17ClN2O/c1-2-8-16-13(17)10-15-9-7-11-3-5-12(14)6-4-11/h2-6,15H,1,7-10H2,(H,16,17). The van der Waals surface area contributed by atoms with E-state index < -0.39 is 0 Å². The van der Waals surface area contributed by atoms with Crippen LogP contribution in [0.1, 0.15) is 5.56 Å². The van der Waals surface area contributed by atoms with Crippen molar-refractivity contribution in [2.24, 2.45) is 0 Å². The van der Waals surface area contributed by atoms with Gasteiger partial charge in [0.05, 0.1) is 6.54 Å². The van der Waals surface area contributed by atoms with Crippen LogP contribution >= 0.6 is 11.6 Å². The molecule has 1 aromatic carbocycles. The van der Waals surface area contributed by atoms with Crippen LogP contribution in [0.2, 0.25) is 5.02 Å². The fourth-order valence-corrected chi connectivity index (χ4v) is 1.46. The first-order valence-electron chi connectivity index (χ1n) is 5.55. The second-order valence-electron chi connectivity index (χ2n) is 3.65. The predicted octanol–water partition coefficient (Wildman–Crippen LogP) is 1.77. The van der Waals surface area contributed by atoms with Gasteiger partial charge in [0.15, 0.2) is 0 Å². The molecular weight excluding hydrogens is 236 g/mol. The number of carbonyl (C=O) groups excluding carboxylic acids is 1. The summed E-state index contributed by atoms with van der Waals surface area (Å²) in [6, 6.07) is 7.71. The molecule has 1 rings (SSSR count). The Hall–Kier alpha value is -1.32. The third kappa shape index (κ3) is 6.09. The smallest absolute Gasteiger partial charge is 0.234 e. The van der Waals surface area contributed by atoms with Crippen molar-refractivity contribution in [2.75, 3.05) is 19.6 Å². The Morgan fingerprint density at radius 3 is 2.71 bits per heavy atom. The highest BCUT2D eigenvalue weighted by Crippen LogP contribution is 2.09. The molecule has 0 saturated carbocycles. The number of hydrogen-bond donors (Lipinski definition) is 2. The molecule has 0 aromatic heterocycles. The maximum atomic E-state index is 11.2. The number of rotatable bonds is 7. The first-order valence-corrected chi connectivity index (χ1v) is 5.93. The maximum absolute atomic E-state index is 11.2. The topological polar surface area (TPSA) is 41.1 Å². The Bertz CT molecular complexity index is 362. The second kappa shape index (κ2) is 7.87. The summed E-state index contributed by atoms with van der Waals surface area (Å²) in [4.78, 5) is 11.2. The number of hydrogen-bond acceptors (Lipinski definition) is 2. The van der Waals surface area contributed by atoms with E-state index >= 15 is 0 Å².